The van der Waals surface area contributed by atoms with Crippen LogP contribution in [0.3, 0.4) is 0 Å². The van der Waals surface area contributed by atoms with Crippen molar-refractivity contribution in [2.45, 2.75) is 39.3 Å². The Balaban J connectivity index is 1.60. The van der Waals surface area contributed by atoms with E-state index in [1.165, 1.54) is 5.56 Å². The topological polar surface area (TPSA) is 88.9 Å². The molecule has 2 aromatic heterocycles. The summed E-state index contributed by atoms with van der Waals surface area (Å²) in [5.74, 6) is 1.49. The van der Waals surface area contributed by atoms with Crippen molar-refractivity contribution in [2.24, 2.45) is 0 Å². The predicted molar refractivity (Wildman–Crippen MR) is 127 cm³/mol. The summed E-state index contributed by atoms with van der Waals surface area (Å²) in [5.41, 5.74) is 4.76. The van der Waals surface area contributed by atoms with Gasteiger partial charge in [-0.3, -0.25) is 9.69 Å². The molecule has 5 rings (SSSR count). The Kier molecular flexibility index (Phi) is 5.68. The summed E-state index contributed by atoms with van der Waals surface area (Å²) in [7, 11) is 1.65. The number of hydrogen-bond donors (Lipinski definition) is 1. The highest BCUT2D eigenvalue weighted by Gasteiger charge is 2.32. The second-order valence-electron chi connectivity index (χ2n) is 8.79. The van der Waals surface area contributed by atoms with E-state index in [4.69, 9.17) is 4.74 Å². The number of methoxy groups -OCH3 is 1. The van der Waals surface area contributed by atoms with Crippen molar-refractivity contribution < 1.29 is 4.74 Å². The van der Waals surface area contributed by atoms with E-state index in [1.807, 2.05) is 37.3 Å². The summed E-state index contributed by atoms with van der Waals surface area (Å²) in [6.07, 6.45) is 2.19. The molecule has 0 bridgehead atoms. The minimum Gasteiger partial charge on any atom is -0.497 e. The van der Waals surface area contributed by atoms with Crippen LogP contribution < -0.4 is 10.3 Å². The monoisotopic (exact) mass is 444 g/mol. The molecule has 4 aromatic rings. The first kappa shape index (κ1) is 21.3. The molecule has 0 spiro atoms. The first-order valence-electron chi connectivity index (χ1n) is 11.3. The van der Waals surface area contributed by atoms with E-state index >= 15 is 0 Å². The van der Waals surface area contributed by atoms with Crippen LogP contribution in [0.4, 0.5) is 0 Å². The second-order valence-corrected chi connectivity index (χ2v) is 8.79. The number of likely N-dealkylation sites (tertiary alicyclic amines) is 1. The van der Waals surface area contributed by atoms with Crippen molar-refractivity contribution in [3.05, 3.63) is 80.9 Å². The van der Waals surface area contributed by atoms with Crippen LogP contribution in [0.5, 0.6) is 5.75 Å². The van der Waals surface area contributed by atoms with Crippen LogP contribution in [-0.2, 0) is 6.54 Å². The maximum atomic E-state index is 13.3. The molecule has 1 unspecified atom stereocenters. The fourth-order valence-corrected chi connectivity index (χ4v) is 4.83. The number of hydrogen-bond acceptors (Lipinski definition) is 6. The number of aryl methyl sites for hydroxylation is 2. The summed E-state index contributed by atoms with van der Waals surface area (Å²) in [4.78, 5) is 18.8. The van der Waals surface area contributed by atoms with E-state index in [2.05, 4.69) is 44.5 Å². The quantitative estimate of drug-likeness (QED) is 0.491. The van der Waals surface area contributed by atoms with Gasteiger partial charge in [0.25, 0.3) is 5.56 Å². The molecular weight excluding hydrogens is 416 g/mol. The lowest BCUT2D eigenvalue weighted by Gasteiger charge is -2.26. The summed E-state index contributed by atoms with van der Waals surface area (Å²) >= 11 is 0. The Morgan fingerprint density at radius 2 is 1.85 bits per heavy atom. The lowest BCUT2D eigenvalue weighted by atomic mass is 10.0. The average molecular weight is 445 g/mol. The number of rotatable bonds is 6. The molecular formula is C25H28N6O2. The summed E-state index contributed by atoms with van der Waals surface area (Å²) < 4.78 is 7.07. The number of aromatic amines is 1. The third-order valence-corrected chi connectivity index (χ3v) is 6.42. The van der Waals surface area contributed by atoms with E-state index in [9.17, 15) is 4.79 Å². The fourth-order valence-electron chi connectivity index (χ4n) is 4.83. The van der Waals surface area contributed by atoms with Gasteiger partial charge in [-0.05, 0) is 91.0 Å². The van der Waals surface area contributed by atoms with Crippen LogP contribution in [0.2, 0.25) is 0 Å². The van der Waals surface area contributed by atoms with E-state index in [1.54, 1.807) is 11.8 Å². The number of nitrogens with one attached hydrogen (secondary N) is 1. The molecule has 3 heterocycles. The average Bonchev–Trinajstić information content (AvgIpc) is 3.49. The highest BCUT2D eigenvalue weighted by molar-refractivity contribution is 5.83. The van der Waals surface area contributed by atoms with Gasteiger partial charge in [0.1, 0.15) is 11.8 Å². The molecule has 1 aliphatic rings. The van der Waals surface area contributed by atoms with E-state index < -0.39 is 0 Å². The number of aromatic nitrogens is 5. The number of ether oxygens (including phenoxy) is 1. The molecule has 0 saturated carbocycles. The minimum atomic E-state index is -0.310. The van der Waals surface area contributed by atoms with Crippen molar-refractivity contribution in [3.63, 3.8) is 0 Å². The maximum absolute atomic E-state index is 13.3. The highest BCUT2D eigenvalue weighted by atomic mass is 16.5. The van der Waals surface area contributed by atoms with Crippen LogP contribution in [0, 0.1) is 13.8 Å². The zero-order valence-corrected chi connectivity index (χ0v) is 19.2. The lowest BCUT2D eigenvalue weighted by Crippen LogP contribution is -2.33. The van der Waals surface area contributed by atoms with Crippen LogP contribution >= 0.6 is 0 Å². The zero-order chi connectivity index (χ0) is 22.9. The van der Waals surface area contributed by atoms with Gasteiger partial charge in [0, 0.05) is 5.56 Å². The molecule has 170 valence electrons. The third-order valence-electron chi connectivity index (χ3n) is 6.42. The van der Waals surface area contributed by atoms with Crippen LogP contribution in [0.15, 0.2) is 47.3 Å². The largest absolute Gasteiger partial charge is 0.497 e. The first-order chi connectivity index (χ1) is 16.0. The molecule has 1 saturated heterocycles. The molecule has 8 heteroatoms. The number of pyridine rings is 1. The van der Waals surface area contributed by atoms with Crippen molar-refractivity contribution in [1.82, 2.24) is 30.1 Å². The number of benzene rings is 2. The van der Waals surface area contributed by atoms with E-state index in [0.717, 1.165) is 53.7 Å². The van der Waals surface area contributed by atoms with Gasteiger partial charge in [-0.25, -0.2) is 4.68 Å². The molecule has 8 nitrogen and oxygen atoms in total. The molecule has 1 atom stereocenters. The molecule has 2 aromatic carbocycles. The Labute approximate surface area is 192 Å². The fraction of sp³-hybridized carbons (Fsp3) is 0.360. The highest BCUT2D eigenvalue weighted by Crippen LogP contribution is 2.30. The number of H-pyrrole nitrogens is 1. The Hall–Kier alpha value is -3.52. The zero-order valence-electron chi connectivity index (χ0n) is 19.2. The van der Waals surface area contributed by atoms with E-state index in [-0.39, 0.29) is 11.6 Å². The number of fused-ring (bicyclic) bond motifs is 1. The SMILES string of the molecule is COc1ccc(Cn2nnnc2C(c2cc3cc(C)cc(C)c3[nH]c2=O)N2CCCC2)cc1. The van der Waals surface area contributed by atoms with Gasteiger partial charge in [-0.2, -0.15) is 0 Å². The summed E-state index contributed by atoms with van der Waals surface area (Å²) in [5, 5.41) is 13.7. The van der Waals surface area contributed by atoms with Gasteiger partial charge in [0.05, 0.1) is 19.2 Å². The van der Waals surface area contributed by atoms with Crippen molar-refractivity contribution in [1.29, 1.82) is 0 Å². The first-order valence-corrected chi connectivity index (χ1v) is 11.3. The molecule has 1 N–H and O–H groups in total. The van der Waals surface area contributed by atoms with Gasteiger partial charge in [0.15, 0.2) is 5.82 Å². The third kappa shape index (κ3) is 4.14. The maximum Gasteiger partial charge on any atom is 0.253 e. The smallest absolute Gasteiger partial charge is 0.253 e. The molecule has 0 aliphatic carbocycles. The number of tetrazole rings is 1. The van der Waals surface area contributed by atoms with Gasteiger partial charge in [-0.1, -0.05) is 23.8 Å². The normalized spacial score (nSPS) is 15.2. The molecule has 1 aliphatic heterocycles. The second kappa shape index (κ2) is 8.78. The molecule has 1 fully saturated rings. The Bertz CT molecular complexity index is 1340. The van der Waals surface area contributed by atoms with Gasteiger partial charge in [0.2, 0.25) is 0 Å². The Morgan fingerprint density at radius 1 is 1.09 bits per heavy atom. The minimum absolute atomic E-state index is 0.0923. The van der Waals surface area contributed by atoms with Crippen LogP contribution in [0.1, 0.15) is 47.0 Å². The molecule has 0 amide bonds. The number of nitrogens with zero attached hydrogens (tertiary/aromatic N) is 5. The lowest BCUT2D eigenvalue weighted by molar-refractivity contribution is 0.263. The Morgan fingerprint density at radius 3 is 2.58 bits per heavy atom. The van der Waals surface area contributed by atoms with Gasteiger partial charge in [-0.15, -0.1) is 5.10 Å². The predicted octanol–water partition coefficient (Wildman–Crippen LogP) is 3.37. The van der Waals surface area contributed by atoms with Crippen LogP contribution in [-0.4, -0.2) is 50.3 Å². The molecule has 33 heavy (non-hydrogen) atoms. The van der Waals surface area contributed by atoms with Crippen LogP contribution in [0.25, 0.3) is 10.9 Å². The van der Waals surface area contributed by atoms with Crippen molar-refractivity contribution in [3.8, 4) is 5.75 Å². The van der Waals surface area contributed by atoms with E-state index in [0.29, 0.717) is 17.9 Å². The van der Waals surface area contributed by atoms with Crippen molar-refractivity contribution >= 4 is 10.9 Å². The van der Waals surface area contributed by atoms with Crippen molar-refractivity contribution in [2.75, 3.05) is 20.2 Å². The molecule has 0 radical (unpaired) electrons. The van der Waals surface area contributed by atoms with Gasteiger partial charge >= 0.3 is 0 Å². The van der Waals surface area contributed by atoms with Gasteiger partial charge < -0.3 is 9.72 Å². The summed E-state index contributed by atoms with van der Waals surface area (Å²) in [6, 6.07) is 13.8. The summed E-state index contributed by atoms with van der Waals surface area (Å²) in [6.45, 7) is 6.43. The standard InChI is InChI=1S/C25H28N6O2/c1-16-12-17(2)22-19(13-16)14-21(25(32)26-22)23(30-10-4-5-11-30)24-27-28-29-31(24)15-18-6-8-20(33-3)9-7-18/h6-9,12-14,23H,4-5,10-11,15H2,1-3H3,(H,26,32).